The molecule has 0 aromatic rings. The van der Waals surface area contributed by atoms with Gasteiger partial charge in [0.1, 0.15) is 0 Å². The number of piperidine rings is 1. The van der Waals surface area contributed by atoms with E-state index in [1.165, 1.54) is 64.6 Å². The number of ether oxygens (including phenoxy) is 1. The van der Waals surface area contributed by atoms with Crippen molar-refractivity contribution in [3.63, 3.8) is 0 Å². The number of rotatable bonds is 4. The van der Waals surface area contributed by atoms with Crippen molar-refractivity contribution in [3.05, 3.63) is 0 Å². The van der Waals surface area contributed by atoms with E-state index < -0.39 is 0 Å². The predicted molar refractivity (Wildman–Crippen MR) is 72.3 cm³/mol. The highest BCUT2D eigenvalue weighted by Crippen LogP contribution is 2.24. The summed E-state index contributed by atoms with van der Waals surface area (Å²) in [4.78, 5) is 2.60. The van der Waals surface area contributed by atoms with Crippen molar-refractivity contribution in [2.45, 2.75) is 71.0 Å². The third-order valence-corrected chi connectivity index (χ3v) is 4.10. The van der Waals surface area contributed by atoms with Gasteiger partial charge in [0.2, 0.25) is 0 Å². The number of nitrogens with zero attached hydrogens (tertiary/aromatic N) is 1. The quantitative estimate of drug-likeness (QED) is 0.745. The molecule has 1 heterocycles. The maximum Gasteiger partial charge on any atom is 0.0603 e. The summed E-state index contributed by atoms with van der Waals surface area (Å²) in [5.41, 5.74) is 0. The molecule has 1 saturated heterocycles. The Morgan fingerprint density at radius 3 is 2.12 bits per heavy atom. The Labute approximate surface area is 107 Å². The minimum Gasteiger partial charge on any atom is -0.375 e. The molecular weight excluding hydrogens is 210 g/mol. The van der Waals surface area contributed by atoms with Crippen molar-refractivity contribution in [1.82, 2.24) is 4.90 Å². The third-order valence-electron chi connectivity index (χ3n) is 4.10. The SMILES string of the molecule is CC(C)CN1CCC(OC2CCCCC2)CC1. The molecule has 0 spiro atoms. The summed E-state index contributed by atoms with van der Waals surface area (Å²) >= 11 is 0. The molecule has 0 aromatic heterocycles. The molecule has 0 aromatic carbocycles. The van der Waals surface area contributed by atoms with Crippen molar-refractivity contribution in [3.8, 4) is 0 Å². The first-order chi connectivity index (χ1) is 8.24. The van der Waals surface area contributed by atoms with Crippen molar-refractivity contribution >= 4 is 0 Å². The highest BCUT2D eigenvalue weighted by Gasteiger charge is 2.23. The van der Waals surface area contributed by atoms with E-state index in [9.17, 15) is 0 Å². The van der Waals surface area contributed by atoms with Gasteiger partial charge < -0.3 is 9.64 Å². The first kappa shape index (κ1) is 13.4. The fourth-order valence-electron chi connectivity index (χ4n) is 3.22. The summed E-state index contributed by atoms with van der Waals surface area (Å²) in [6.07, 6.45) is 10.5. The molecule has 0 bridgehead atoms. The highest BCUT2D eigenvalue weighted by atomic mass is 16.5. The van der Waals surface area contributed by atoms with Crippen LogP contribution >= 0.6 is 0 Å². The van der Waals surface area contributed by atoms with Crippen molar-refractivity contribution < 1.29 is 4.74 Å². The van der Waals surface area contributed by atoms with Crippen LogP contribution in [0.2, 0.25) is 0 Å². The molecule has 1 aliphatic carbocycles. The Balaban J connectivity index is 1.64. The molecule has 0 radical (unpaired) electrons. The fourth-order valence-corrected chi connectivity index (χ4v) is 3.22. The van der Waals surface area contributed by atoms with Crippen LogP contribution in [0.3, 0.4) is 0 Å². The number of hydrogen-bond donors (Lipinski definition) is 0. The van der Waals surface area contributed by atoms with Gasteiger partial charge in [-0.15, -0.1) is 0 Å². The van der Waals surface area contributed by atoms with Gasteiger partial charge in [-0.05, 0) is 31.6 Å². The van der Waals surface area contributed by atoms with Crippen molar-refractivity contribution in [2.24, 2.45) is 5.92 Å². The fraction of sp³-hybridized carbons (Fsp3) is 1.00. The van der Waals surface area contributed by atoms with Gasteiger partial charge in [-0.1, -0.05) is 33.1 Å². The second-order valence-electron chi connectivity index (χ2n) is 6.29. The lowest BCUT2D eigenvalue weighted by atomic mass is 9.97. The lowest BCUT2D eigenvalue weighted by Crippen LogP contribution is -2.40. The van der Waals surface area contributed by atoms with E-state index in [2.05, 4.69) is 18.7 Å². The van der Waals surface area contributed by atoms with Crippen LogP contribution in [0.4, 0.5) is 0 Å². The van der Waals surface area contributed by atoms with Crippen LogP contribution < -0.4 is 0 Å². The van der Waals surface area contributed by atoms with Crippen LogP contribution in [-0.4, -0.2) is 36.7 Å². The van der Waals surface area contributed by atoms with E-state index >= 15 is 0 Å². The topological polar surface area (TPSA) is 12.5 Å². The van der Waals surface area contributed by atoms with Gasteiger partial charge in [-0.3, -0.25) is 0 Å². The van der Waals surface area contributed by atoms with Crippen LogP contribution in [0.5, 0.6) is 0 Å². The van der Waals surface area contributed by atoms with E-state index in [0.717, 1.165) is 5.92 Å². The molecule has 1 saturated carbocycles. The molecule has 17 heavy (non-hydrogen) atoms. The van der Waals surface area contributed by atoms with Gasteiger partial charge in [-0.25, -0.2) is 0 Å². The largest absolute Gasteiger partial charge is 0.375 e. The average Bonchev–Trinajstić information content (AvgIpc) is 2.32. The average molecular weight is 239 g/mol. The molecule has 2 heteroatoms. The van der Waals surface area contributed by atoms with Crippen LogP contribution in [0.15, 0.2) is 0 Å². The van der Waals surface area contributed by atoms with E-state index in [1.807, 2.05) is 0 Å². The molecule has 1 aliphatic heterocycles. The van der Waals surface area contributed by atoms with E-state index in [0.29, 0.717) is 12.2 Å². The smallest absolute Gasteiger partial charge is 0.0603 e. The van der Waals surface area contributed by atoms with Gasteiger partial charge in [0.05, 0.1) is 12.2 Å². The molecule has 0 atom stereocenters. The molecule has 2 rings (SSSR count). The normalized spacial score (nSPS) is 25.6. The zero-order valence-corrected chi connectivity index (χ0v) is 11.7. The van der Waals surface area contributed by atoms with Crippen LogP contribution in [0, 0.1) is 5.92 Å². The minimum atomic E-state index is 0.557. The Bertz CT molecular complexity index is 203. The number of likely N-dealkylation sites (tertiary alicyclic amines) is 1. The summed E-state index contributed by atoms with van der Waals surface area (Å²) in [5.74, 6) is 0.797. The molecule has 0 amide bonds. The van der Waals surface area contributed by atoms with E-state index in [1.54, 1.807) is 0 Å². The molecule has 0 unspecified atom stereocenters. The van der Waals surface area contributed by atoms with Crippen LogP contribution in [0.25, 0.3) is 0 Å². The monoisotopic (exact) mass is 239 g/mol. The summed E-state index contributed by atoms with van der Waals surface area (Å²) in [6, 6.07) is 0. The summed E-state index contributed by atoms with van der Waals surface area (Å²) in [7, 11) is 0. The Morgan fingerprint density at radius 2 is 1.53 bits per heavy atom. The van der Waals surface area contributed by atoms with E-state index in [-0.39, 0.29) is 0 Å². The summed E-state index contributed by atoms with van der Waals surface area (Å²) in [6.45, 7) is 8.37. The van der Waals surface area contributed by atoms with Crippen LogP contribution in [-0.2, 0) is 4.74 Å². The van der Waals surface area contributed by atoms with Crippen LogP contribution in [0.1, 0.15) is 58.8 Å². The maximum absolute atomic E-state index is 6.26. The molecule has 100 valence electrons. The van der Waals surface area contributed by atoms with E-state index in [4.69, 9.17) is 4.74 Å². The first-order valence-corrected chi connectivity index (χ1v) is 7.62. The maximum atomic E-state index is 6.26. The molecular formula is C15H29NO. The Hall–Kier alpha value is -0.0800. The second-order valence-corrected chi connectivity index (χ2v) is 6.29. The molecule has 0 N–H and O–H groups in total. The van der Waals surface area contributed by atoms with Gasteiger partial charge in [0.25, 0.3) is 0 Å². The van der Waals surface area contributed by atoms with Crippen molar-refractivity contribution in [2.75, 3.05) is 19.6 Å². The Morgan fingerprint density at radius 1 is 0.941 bits per heavy atom. The minimum absolute atomic E-state index is 0.557. The van der Waals surface area contributed by atoms with Crippen molar-refractivity contribution in [1.29, 1.82) is 0 Å². The van der Waals surface area contributed by atoms with Gasteiger partial charge >= 0.3 is 0 Å². The first-order valence-electron chi connectivity index (χ1n) is 7.62. The lowest BCUT2D eigenvalue weighted by molar-refractivity contribution is -0.0566. The molecule has 2 aliphatic rings. The second kappa shape index (κ2) is 6.75. The standard InChI is InChI=1S/C15H29NO/c1-13(2)12-16-10-8-15(9-11-16)17-14-6-4-3-5-7-14/h13-15H,3-12H2,1-2H3. The summed E-state index contributed by atoms with van der Waals surface area (Å²) < 4.78 is 6.26. The van der Waals surface area contributed by atoms with Gasteiger partial charge in [-0.2, -0.15) is 0 Å². The zero-order chi connectivity index (χ0) is 12.1. The third kappa shape index (κ3) is 4.59. The predicted octanol–water partition coefficient (Wildman–Crippen LogP) is 3.46. The van der Waals surface area contributed by atoms with Gasteiger partial charge in [0.15, 0.2) is 0 Å². The lowest BCUT2D eigenvalue weighted by Gasteiger charge is -2.35. The van der Waals surface area contributed by atoms with Gasteiger partial charge in [0, 0.05) is 19.6 Å². The number of hydrogen-bond acceptors (Lipinski definition) is 2. The zero-order valence-electron chi connectivity index (χ0n) is 11.7. The highest BCUT2D eigenvalue weighted by molar-refractivity contribution is 4.75. The molecule has 2 fully saturated rings. The molecule has 2 nitrogen and oxygen atoms in total. The Kier molecular flexibility index (Phi) is 5.30. The summed E-state index contributed by atoms with van der Waals surface area (Å²) in [5, 5.41) is 0.